The molecule has 0 aromatic carbocycles. The van der Waals surface area contributed by atoms with Crippen LogP contribution in [0.1, 0.15) is 0 Å². The van der Waals surface area contributed by atoms with Crippen molar-refractivity contribution in [2.45, 2.75) is 0 Å². The third-order valence-electron chi connectivity index (χ3n) is 0.368. The summed E-state index contributed by atoms with van der Waals surface area (Å²) in [6.45, 7) is 3.16. The van der Waals surface area contributed by atoms with Crippen LogP contribution in [0.15, 0.2) is 12.7 Å². The van der Waals surface area contributed by atoms with Gasteiger partial charge in [-0.15, -0.1) is 0 Å². The Balaban J connectivity index is 0. The molecule has 48 valence electrons. The molecule has 4 heteroatoms. The van der Waals surface area contributed by atoms with Gasteiger partial charge in [0.15, 0.2) is 0 Å². The number of rotatable bonds is 1. The maximum absolute atomic E-state index is 9.84. The predicted octanol–water partition coefficient (Wildman–Crippen LogP) is 0.363. The average Bonchev–Trinajstić information content (AvgIpc) is 1.91. The third kappa shape index (κ3) is 8.93. The van der Waals surface area contributed by atoms with E-state index >= 15 is 0 Å². The van der Waals surface area contributed by atoms with Crippen molar-refractivity contribution in [3.8, 4) is 0 Å². The van der Waals surface area contributed by atoms with Gasteiger partial charge in [0, 0.05) is 6.08 Å². The minimum atomic E-state index is -0.394. The van der Waals surface area contributed by atoms with Crippen molar-refractivity contribution < 1.29 is 20.0 Å². The van der Waals surface area contributed by atoms with Gasteiger partial charge in [-0.25, -0.2) is 4.79 Å². The Bertz CT molecular complexity index is 68.4. The minimum absolute atomic E-state index is 0.394. The van der Waals surface area contributed by atoms with Gasteiger partial charge in [0.25, 0.3) is 0 Å². The highest BCUT2D eigenvalue weighted by atomic mass is 17.0. The monoisotopic (exact) mass is 120 g/mol. The first kappa shape index (κ1) is 10.2. The van der Waals surface area contributed by atoms with Crippen molar-refractivity contribution in [1.82, 2.24) is 0 Å². The molecule has 0 amide bonds. The van der Waals surface area contributed by atoms with Gasteiger partial charge in [-0.3, -0.25) is 10.5 Å². The van der Waals surface area contributed by atoms with Gasteiger partial charge in [-0.05, 0) is 0 Å². The maximum atomic E-state index is 9.84. The van der Waals surface area contributed by atoms with Crippen LogP contribution in [0, 0.1) is 0 Å². The summed E-state index contributed by atoms with van der Waals surface area (Å²) in [4.78, 5) is 9.84. The number of ether oxygens (including phenoxy) is 1. The minimum Gasteiger partial charge on any atom is -0.466 e. The number of carbonyl (C=O) groups is 1. The molecular weight excluding hydrogens is 112 g/mol. The number of esters is 1. The molecule has 0 aliphatic heterocycles. The van der Waals surface area contributed by atoms with E-state index in [-0.39, 0.29) is 0 Å². The Hall–Kier alpha value is -0.870. The first-order valence-electron chi connectivity index (χ1n) is 1.71. The highest BCUT2D eigenvalue weighted by Gasteiger charge is 1.81. The van der Waals surface area contributed by atoms with Crippen molar-refractivity contribution in [3.05, 3.63) is 12.7 Å². The average molecular weight is 120 g/mol. The predicted molar refractivity (Wildman–Crippen MR) is 27.5 cm³/mol. The van der Waals surface area contributed by atoms with Crippen molar-refractivity contribution in [1.29, 1.82) is 0 Å². The van der Waals surface area contributed by atoms with Gasteiger partial charge in [-0.2, -0.15) is 0 Å². The number of methoxy groups -OCH3 is 1. The van der Waals surface area contributed by atoms with E-state index in [4.69, 9.17) is 10.5 Å². The van der Waals surface area contributed by atoms with E-state index in [1.165, 1.54) is 7.11 Å². The SMILES string of the molecule is C=CC(=O)OC.OO. The molecule has 0 heterocycles. The summed E-state index contributed by atoms with van der Waals surface area (Å²) in [6.07, 6.45) is 1.11. The molecule has 0 aliphatic carbocycles. The van der Waals surface area contributed by atoms with E-state index in [1.807, 2.05) is 0 Å². The summed E-state index contributed by atoms with van der Waals surface area (Å²) in [5.41, 5.74) is 0. The quantitative estimate of drug-likeness (QED) is 0.227. The van der Waals surface area contributed by atoms with Crippen LogP contribution in [0.25, 0.3) is 0 Å². The highest BCUT2D eigenvalue weighted by Crippen LogP contribution is 1.67. The van der Waals surface area contributed by atoms with E-state index in [1.54, 1.807) is 0 Å². The van der Waals surface area contributed by atoms with Crippen molar-refractivity contribution in [2.75, 3.05) is 7.11 Å². The maximum Gasteiger partial charge on any atom is 0.329 e. The van der Waals surface area contributed by atoms with Crippen LogP contribution in [-0.2, 0) is 9.53 Å². The fourth-order valence-corrected chi connectivity index (χ4v) is 0.0833. The lowest BCUT2D eigenvalue weighted by Gasteiger charge is -1.83. The second kappa shape index (κ2) is 9.46. The van der Waals surface area contributed by atoms with Gasteiger partial charge in [0.2, 0.25) is 0 Å². The van der Waals surface area contributed by atoms with E-state index in [0.717, 1.165) is 6.08 Å². The number of carbonyl (C=O) groups excluding carboxylic acids is 1. The molecule has 0 rings (SSSR count). The largest absolute Gasteiger partial charge is 0.466 e. The second-order valence-electron chi connectivity index (χ2n) is 0.727. The molecule has 0 bridgehead atoms. The van der Waals surface area contributed by atoms with Gasteiger partial charge in [-0.1, -0.05) is 6.58 Å². The fraction of sp³-hybridized carbons (Fsp3) is 0.250. The Morgan fingerprint density at radius 1 is 1.75 bits per heavy atom. The van der Waals surface area contributed by atoms with E-state index < -0.39 is 5.97 Å². The van der Waals surface area contributed by atoms with Gasteiger partial charge < -0.3 is 4.74 Å². The summed E-state index contributed by atoms with van der Waals surface area (Å²) >= 11 is 0. The molecule has 4 nitrogen and oxygen atoms in total. The summed E-state index contributed by atoms with van der Waals surface area (Å²) < 4.78 is 4.14. The fourth-order valence-electron chi connectivity index (χ4n) is 0.0833. The zero-order chi connectivity index (χ0) is 6.99. The molecule has 0 fully saturated rings. The number of hydrogen-bond donors (Lipinski definition) is 2. The molecule has 0 aromatic rings. The van der Waals surface area contributed by atoms with Crippen LogP contribution in [0.5, 0.6) is 0 Å². The van der Waals surface area contributed by atoms with Crippen LogP contribution in [0.4, 0.5) is 0 Å². The molecule has 8 heavy (non-hydrogen) atoms. The van der Waals surface area contributed by atoms with Gasteiger partial charge >= 0.3 is 5.97 Å². The first-order chi connectivity index (χ1) is 3.81. The molecule has 0 atom stereocenters. The summed E-state index contributed by atoms with van der Waals surface area (Å²) in [5.74, 6) is -0.394. The molecule has 2 N–H and O–H groups in total. The molecular formula is C4H8O4. The molecule has 0 aromatic heterocycles. The lowest BCUT2D eigenvalue weighted by Crippen LogP contribution is -1.91. The van der Waals surface area contributed by atoms with Crippen LogP contribution in [-0.4, -0.2) is 23.6 Å². The van der Waals surface area contributed by atoms with E-state index in [9.17, 15) is 4.79 Å². The lowest BCUT2D eigenvalue weighted by molar-refractivity contribution is -0.176. The Kier molecular flexibility index (Phi) is 12.0. The summed E-state index contributed by atoms with van der Waals surface area (Å²) in [5, 5.41) is 12.0. The summed E-state index contributed by atoms with van der Waals surface area (Å²) in [7, 11) is 1.31. The zero-order valence-electron chi connectivity index (χ0n) is 4.50. The van der Waals surface area contributed by atoms with Crippen LogP contribution >= 0.6 is 0 Å². The van der Waals surface area contributed by atoms with Gasteiger partial charge in [0.1, 0.15) is 0 Å². The van der Waals surface area contributed by atoms with Crippen LogP contribution in [0.3, 0.4) is 0 Å². The first-order valence-corrected chi connectivity index (χ1v) is 1.71. The van der Waals surface area contributed by atoms with Crippen molar-refractivity contribution in [2.24, 2.45) is 0 Å². The van der Waals surface area contributed by atoms with Gasteiger partial charge in [0.05, 0.1) is 7.11 Å². The third-order valence-corrected chi connectivity index (χ3v) is 0.368. The molecule has 0 aliphatic rings. The molecule has 0 saturated heterocycles. The lowest BCUT2D eigenvalue weighted by atomic mass is 10.7. The molecule has 0 unspecified atom stereocenters. The normalized spacial score (nSPS) is 5.88. The van der Waals surface area contributed by atoms with Crippen LogP contribution in [0.2, 0.25) is 0 Å². The van der Waals surface area contributed by atoms with E-state index in [2.05, 4.69) is 11.3 Å². The number of hydrogen-bond acceptors (Lipinski definition) is 4. The Morgan fingerprint density at radius 2 is 2.12 bits per heavy atom. The molecule has 0 radical (unpaired) electrons. The smallest absolute Gasteiger partial charge is 0.329 e. The standard InChI is InChI=1S/C4H6O2.H2O2/c1-3-4(5)6-2;1-2/h3H,1H2,2H3;1-2H. The zero-order valence-corrected chi connectivity index (χ0v) is 4.50. The van der Waals surface area contributed by atoms with Crippen molar-refractivity contribution >= 4 is 5.97 Å². The summed E-state index contributed by atoms with van der Waals surface area (Å²) in [6, 6.07) is 0. The topological polar surface area (TPSA) is 66.8 Å². The molecule has 0 saturated carbocycles. The van der Waals surface area contributed by atoms with Crippen LogP contribution < -0.4 is 0 Å². The van der Waals surface area contributed by atoms with E-state index in [0.29, 0.717) is 0 Å². The highest BCUT2D eigenvalue weighted by molar-refractivity contribution is 5.80. The molecule has 0 spiro atoms. The van der Waals surface area contributed by atoms with Crippen molar-refractivity contribution in [3.63, 3.8) is 0 Å². The Morgan fingerprint density at radius 3 is 2.12 bits per heavy atom. The Labute approximate surface area is 46.9 Å². The second-order valence-corrected chi connectivity index (χ2v) is 0.727.